The Kier molecular flexibility index (Phi) is 17.3. The summed E-state index contributed by atoms with van der Waals surface area (Å²) in [6, 6.07) is 15.4. The fraction of sp³-hybridized carbons (Fsp3) is 0.486. The quantitative estimate of drug-likeness (QED) is 0.270. The van der Waals surface area contributed by atoms with Crippen LogP contribution in [0.4, 0.5) is 11.4 Å². The summed E-state index contributed by atoms with van der Waals surface area (Å²) < 4.78 is 0. The van der Waals surface area contributed by atoms with E-state index in [1.165, 1.54) is 33.4 Å². The number of aromatic nitrogens is 1. The van der Waals surface area contributed by atoms with E-state index in [-0.39, 0.29) is 41.6 Å². The van der Waals surface area contributed by atoms with E-state index >= 15 is 0 Å². The smallest absolute Gasteiger partial charge is 1.00 e. The molecule has 2 aromatic carbocycles. The summed E-state index contributed by atoms with van der Waals surface area (Å²) >= 11 is 0. The Balaban J connectivity index is 0.00000588. The Morgan fingerprint density at radius 3 is 1.00 bits per heavy atom. The van der Waals surface area contributed by atoms with Crippen molar-refractivity contribution in [1.29, 1.82) is 0 Å². The average Bonchev–Trinajstić information content (AvgIpc) is 2.89. The molecule has 3 nitrogen and oxygen atoms in total. The molecule has 3 aromatic rings. The molecule has 0 spiro atoms. The molecule has 0 fully saturated rings. The van der Waals surface area contributed by atoms with Gasteiger partial charge < -0.3 is 24.8 Å². The largest absolute Gasteiger partial charge is 2.00 e. The van der Waals surface area contributed by atoms with Gasteiger partial charge in [0.15, 0.2) is 0 Å². The number of pyridine rings is 1. The molecule has 237 valence electrons. The minimum Gasteiger partial charge on any atom is -1.00 e. The molecule has 1 heterocycles. The number of aliphatic imine (C=N–C) groups is 2. The zero-order chi connectivity index (χ0) is 29.7. The van der Waals surface area contributed by atoms with Crippen LogP contribution in [0.5, 0.6) is 0 Å². The third kappa shape index (κ3) is 10.6. The van der Waals surface area contributed by atoms with Crippen molar-refractivity contribution in [2.24, 2.45) is 9.98 Å². The van der Waals surface area contributed by atoms with Crippen LogP contribution < -0.4 is 24.8 Å². The molecule has 1 radical (unpaired) electrons. The van der Waals surface area contributed by atoms with Crippen molar-refractivity contribution >= 4 is 23.8 Å². The fourth-order valence-corrected chi connectivity index (χ4v) is 5.01. The number of halogens is 2. The molecule has 1 aromatic heterocycles. The zero-order valence-electron chi connectivity index (χ0n) is 28.1. The Labute approximate surface area is 284 Å². The molecule has 0 aliphatic heterocycles. The van der Waals surface area contributed by atoms with Gasteiger partial charge >= 0.3 is 16.8 Å². The van der Waals surface area contributed by atoms with Crippen molar-refractivity contribution in [3.05, 3.63) is 87.2 Å². The van der Waals surface area contributed by atoms with Crippen LogP contribution in [0.2, 0.25) is 0 Å². The van der Waals surface area contributed by atoms with Gasteiger partial charge in [0.25, 0.3) is 0 Å². The predicted molar refractivity (Wildman–Crippen MR) is 176 cm³/mol. The predicted octanol–water partition coefficient (Wildman–Crippen LogP) is 5.33. The molecular weight excluding hydrogens is 616 g/mol. The summed E-state index contributed by atoms with van der Waals surface area (Å²) in [5.41, 5.74) is 11.8. The number of rotatable bonds is 10. The van der Waals surface area contributed by atoms with Gasteiger partial charge in [0.1, 0.15) is 0 Å². The molecule has 0 N–H and O–H groups in total. The number of hydrogen-bond acceptors (Lipinski definition) is 3. The summed E-state index contributed by atoms with van der Waals surface area (Å²) in [7, 11) is 0. The first kappa shape index (κ1) is 41.0. The van der Waals surface area contributed by atoms with Gasteiger partial charge in [0.2, 0.25) is 0 Å². The Hall–Kier alpha value is -1.98. The van der Waals surface area contributed by atoms with E-state index in [0.717, 1.165) is 22.8 Å². The van der Waals surface area contributed by atoms with Gasteiger partial charge in [0.05, 0.1) is 35.2 Å². The minimum atomic E-state index is 0. The molecule has 0 saturated heterocycles. The van der Waals surface area contributed by atoms with E-state index in [1.807, 2.05) is 30.6 Å². The SMILES string of the molecule is CC(C)c1cc(C(C)C)c(N=Cc2cccc(C=Nc3c(C(C)C)cc(C(C)C)cc3C(C)C)n2)c(C(C)C)c1.[Cl-].[Cl-].[Co+2]. The second kappa shape index (κ2) is 18.1. The molecule has 0 bridgehead atoms. The molecule has 0 aliphatic carbocycles. The zero-order valence-corrected chi connectivity index (χ0v) is 30.6. The average molecular weight is 668 g/mol. The molecule has 43 heavy (non-hydrogen) atoms. The van der Waals surface area contributed by atoms with Crippen molar-refractivity contribution in [3.8, 4) is 0 Å². The molecule has 0 amide bonds. The maximum Gasteiger partial charge on any atom is 2.00 e. The van der Waals surface area contributed by atoms with Crippen LogP contribution >= 0.6 is 0 Å². The summed E-state index contributed by atoms with van der Waals surface area (Å²) in [5, 5.41) is 0. The van der Waals surface area contributed by atoms with Crippen LogP contribution in [0.15, 0.2) is 52.4 Å². The molecular formula is C37H51Cl2CoN3. The van der Waals surface area contributed by atoms with E-state index in [4.69, 9.17) is 15.0 Å². The normalized spacial score (nSPS) is 11.8. The summed E-state index contributed by atoms with van der Waals surface area (Å²) in [4.78, 5) is 15.0. The standard InChI is InChI=1S/C37H51N3.2ClH.Co/c1-22(2)28-16-32(24(5)6)36(33(17-28)25(7)8)38-20-30-14-13-15-31(40-30)21-39-37-34(26(9)10)18-29(23(3)4)19-35(37)27(11)12;;;/h13-27H,1-12H3;2*1H;/q;;;+2/p-2. The molecule has 6 heteroatoms. The minimum absolute atomic E-state index is 0. The van der Waals surface area contributed by atoms with Gasteiger partial charge in [-0.05, 0) is 81.0 Å². The van der Waals surface area contributed by atoms with E-state index in [2.05, 4.69) is 107 Å². The van der Waals surface area contributed by atoms with Crippen molar-refractivity contribution in [1.82, 2.24) is 4.98 Å². The monoisotopic (exact) mass is 666 g/mol. The van der Waals surface area contributed by atoms with E-state index in [9.17, 15) is 0 Å². The second-order valence-corrected chi connectivity index (χ2v) is 13.0. The van der Waals surface area contributed by atoms with Gasteiger partial charge in [-0.3, -0.25) is 9.98 Å². The first-order valence-corrected chi connectivity index (χ1v) is 15.2. The van der Waals surface area contributed by atoms with Crippen LogP contribution in [0.25, 0.3) is 0 Å². The molecule has 0 unspecified atom stereocenters. The van der Waals surface area contributed by atoms with Crippen molar-refractivity contribution in [2.75, 3.05) is 0 Å². The van der Waals surface area contributed by atoms with Gasteiger partial charge in [-0.25, -0.2) is 4.98 Å². The van der Waals surface area contributed by atoms with Crippen LogP contribution in [0.3, 0.4) is 0 Å². The Morgan fingerprint density at radius 1 is 0.488 bits per heavy atom. The topological polar surface area (TPSA) is 37.6 Å². The number of nitrogens with zero attached hydrogens (tertiary/aromatic N) is 3. The molecule has 0 aliphatic rings. The van der Waals surface area contributed by atoms with Crippen molar-refractivity contribution in [3.63, 3.8) is 0 Å². The fourth-order valence-electron chi connectivity index (χ4n) is 5.01. The Bertz CT molecular complexity index is 1210. The van der Waals surface area contributed by atoms with Crippen molar-refractivity contribution < 1.29 is 41.6 Å². The van der Waals surface area contributed by atoms with Gasteiger partial charge in [-0.2, -0.15) is 0 Å². The molecule has 0 saturated carbocycles. The van der Waals surface area contributed by atoms with Gasteiger partial charge in [-0.15, -0.1) is 0 Å². The van der Waals surface area contributed by atoms with Crippen molar-refractivity contribution in [2.45, 2.75) is 119 Å². The van der Waals surface area contributed by atoms with Crippen LogP contribution in [0, 0.1) is 0 Å². The first-order chi connectivity index (χ1) is 18.8. The maximum absolute atomic E-state index is 5.05. The van der Waals surface area contributed by atoms with E-state index in [0.29, 0.717) is 35.5 Å². The third-order valence-corrected chi connectivity index (χ3v) is 7.65. The summed E-state index contributed by atoms with van der Waals surface area (Å²) in [6.07, 6.45) is 3.83. The number of benzene rings is 2. The van der Waals surface area contributed by atoms with Crippen LogP contribution in [-0.4, -0.2) is 17.4 Å². The van der Waals surface area contributed by atoms with Gasteiger partial charge in [0, 0.05) is 0 Å². The third-order valence-electron chi connectivity index (χ3n) is 7.65. The second-order valence-electron chi connectivity index (χ2n) is 13.0. The summed E-state index contributed by atoms with van der Waals surface area (Å²) in [5.74, 6) is 2.54. The summed E-state index contributed by atoms with van der Waals surface area (Å²) in [6.45, 7) is 27.1. The maximum atomic E-state index is 5.05. The Morgan fingerprint density at radius 2 is 0.767 bits per heavy atom. The van der Waals surface area contributed by atoms with E-state index in [1.54, 1.807) is 0 Å². The molecule has 3 rings (SSSR count). The van der Waals surface area contributed by atoms with Crippen LogP contribution in [0.1, 0.15) is 163 Å². The number of hydrogen-bond donors (Lipinski definition) is 0. The van der Waals surface area contributed by atoms with Crippen LogP contribution in [-0.2, 0) is 16.8 Å². The van der Waals surface area contributed by atoms with E-state index < -0.39 is 0 Å². The molecule has 0 atom stereocenters. The van der Waals surface area contributed by atoms with Gasteiger partial charge in [-0.1, -0.05) is 113 Å². The first-order valence-electron chi connectivity index (χ1n) is 15.2.